The molecule has 1 aliphatic carbocycles. The van der Waals surface area contributed by atoms with Gasteiger partial charge in [-0.3, -0.25) is 9.59 Å². The summed E-state index contributed by atoms with van der Waals surface area (Å²) in [6.45, 7) is 1.80. The molecule has 0 aliphatic heterocycles. The van der Waals surface area contributed by atoms with Crippen LogP contribution < -0.4 is 10.7 Å². The van der Waals surface area contributed by atoms with Crippen molar-refractivity contribution < 1.29 is 9.59 Å². The van der Waals surface area contributed by atoms with Crippen LogP contribution in [-0.4, -0.2) is 17.5 Å². The SMILES string of the molecule is CC(=NNC(=O)c1ccccc1Cl)c1ccc(NC(=O)C2CC2)cc1. The summed E-state index contributed by atoms with van der Waals surface area (Å²) in [7, 11) is 0. The van der Waals surface area contributed by atoms with Gasteiger partial charge in [0.25, 0.3) is 5.91 Å². The molecule has 2 N–H and O–H groups in total. The van der Waals surface area contributed by atoms with Crippen LogP contribution >= 0.6 is 11.6 Å². The summed E-state index contributed by atoms with van der Waals surface area (Å²) in [4.78, 5) is 23.8. The number of nitrogens with zero attached hydrogens (tertiary/aromatic N) is 1. The minimum absolute atomic E-state index is 0.0742. The van der Waals surface area contributed by atoms with Gasteiger partial charge in [0.05, 0.1) is 16.3 Å². The zero-order valence-electron chi connectivity index (χ0n) is 13.8. The van der Waals surface area contributed by atoms with Crippen LogP contribution in [0.2, 0.25) is 5.02 Å². The minimum atomic E-state index is -0.363. The number of benzene rings is 2. The largest absolute Gasteiger partial charge is 0.326 e. The van der Waals surface area contributed by atoms with E-state index >= 15 is 0 Å². The second-order valence-electron chi connectivity index (χ2n) is 5.96. The lowest BCUT2D eigenvalue weighted by atomic mass is 10.1. The van der Waals surface area contributed by atoms with Crippen molar-refractivity contribution in [2.45, 2.75) is 19.8 Å². The molecule has 0 unspecified atom stereocenters. The highest BCUT2D eigenvalue weighted by Gasteiger charge is 2.29. The van der Waals surface area contributed by atoms with E-state index in [1.54, 1.807) is 31.2 Å². The summed E-state index contributed by atoms with van der Waals surface area (Å²) in [6, 6.07) is 14.1. The third-order valence-electron chi connectivity index (χ3n) is 3.96. The fourth-order valence-electron chi connectivity index (χ4n) is 2.29. The van der Waals surface area contributed by atoms with Crippen LogP contribution in [-0.2, 0) is 4.79 Å². The number of carbonyl (C=O) groups excluding carboxylic acids is 2. The van der Waals surface area contributed by atoms with Crippen LogP contribution in [0.3, 0.4) is 0 Å². The van der Waals surface area contributed by atoms with E-state index in [0.29, 0.717) is 16.3 Å². The Morgan fingerprint density at radius 3 is 2.40 bits per heavy atom. The van der Waals surface area contributed by atoms with E-state index in [9.17, 15) is 9.59 Å². The van der Waals surface area contributed by atoms with Crippen molar-refractivity contribution in [2.75, 3.05) is 5.32 Å². The van der Waals surface area contributed by atoms with E-state index in [1.807, 2.05) is 24.3 Å². The molecule has 2 amide bonds. The highest BCUT2D eigenvalue weighted by Crippen LogP contribution is 2.30. The van der Waals surface area contributed by atoms with Crippen molar-refractivity contribution in [3.8, 4) is 0 Å². The molecule has 3 rings (SSSR count). The smallest absolute Gasteiger partial charge is 0.272 e. The molecule has 1 aliphatic rings. The second kappa shape index (κ2) is 7.49. The molecule has 2 aromatic carbocycles. The molecule has 0 bridgehead atoms. The van der Waals surface area contributed by atoms with E-state index in [0.717, 1.165) is 24.1 Å². The summed E-state index contributed by atoms with van der Waals surface area (Å²) in [5, 5.41) is 7.37. The highest BCUT2D eigenvalue weighted by molar-refractivity contribution is 6.33. The van der Waals surface area contributed by atoms with E-state index in [-0.39, 0.29) is 17.7 Å². The van der Waals surface area contributed by atoms with Gasteiger partial charge in [-0.1, -0.05) is 35.9 Å². The van der Waals surface area contributed by atoms with Crippen molar-refractivity contribution in [3.63, 3.8) is 0 Å². The van der Waals surface area contributed by atoms with Gasteiger partial charge >= 0.3 is 0 Å². The van der Waals surface area contributed by atoms with Crippen LogP contribution in [0.15, 0.2) is 53.6 Å². The summed E-state index contributed by atoms with van der Waals surface area (Å²) in [5.41, 5.74) is 5.14. The van der Waals surface area contributed by atoms with Gasteiger partial charge in [-0.2, -0.15) is 5.10 Å². The Balaban J connectivity index is 1.62. The molecule has 2 aromatic rings. The van der Waals surface area contributed by atoms with Crippen molar-refractivity contribution >= 4 is 34.8 Å². The first kappa shape index (κ1) is 17.2. The van der Waals surface area contributed by atoms with Crippen LogP contribution in [0.25, 0.3) is 0 Å². The number of anilines is 1. The number of hydrazone groups is 1. The predicted molar refractivity (Wildman–Crippen MR) is 98.9 cm³/mol. The van der Waals surface area contributed by atoms with Gasteiger partial charge in [-0.25, -0.2) is 5.43 Å². The van der Waals surface area contributed by atoms with Gasteiger partial charge < -0.3 is 5.32 Å². The molecule has 1 fully saturated rings. The van der Waals surface area contributed by atoms with Crippen LogP contribution in [0, 0.1) is 5.92 Å². The summed E-state index contributed by atoms with van der Waals surface area (Å²) >= 11 is 5.99. The zero-order valence-corrected chi connectivity index (χ0v) is 14.5. The Morgan fingerprint density at radius 1 is 1.08 bits per heavy atom. The molecule has 0 atom stereocenters. The Hall–Kier alpha value is -2.66. The molecular weight excluding hydrogens is 338 g/mol. The lowest BCUT2D eigenvalue weighted by molar-refractivity contribution is -0.117. The minimum Gasteiger partial charge on any atom is -0.326 e. The average Bonchev–Trinajstić information content (AvgIpc) is 3.45. The van der Waals surface area contributed by atoms with Crippen molar-refractivity contribution in [1.82, 2.24) is 5.43 Å². The fourth-order valence-corrected chi connectivity index (χ4v) is 2.51. The number of hydrogen-bond donors (Lipinski definition) is 2. The van der Waals surface area contributed by atoms with Crippen molar-refractivity contribution in [1.29, 1.82) is 0 Å². The number of halogens is 1. The number of hydrogen-bond acceptors (Lipinski definition) is 3. The summed E-state index contributed by atoms with van der Waals surface area (Å²) in [6.07, 6.45) is 1.95. The number of amides is 2. The number of rotatable bonds is 5. The maximum absolute atomic E-state index is 12.1. The fraction of sp³-hybridized carbons (Fsp3) is 0.211. The average molecular weight is 356 g/mol. The van der Waals surface area contributed by atoms with Gasteiger partial charge in [-0.05, 0) is 49.6 Å². The Morgan fingerprint density at radius 2 is 1.76 bits per heavy atom. The summed E-state index contributed by atoms with van der Waals surface area (Å²) in [5.74, 6) is -0.119. The number of nitrogens with one attached hydrogen (secondary N) is 2. The van der Waals surface area contributed by atoms with E-state index in [1.165, 1.54) is 0 Å². The molecule has 0 heterocycles. The van der Waals surface area contributed by atoms with Crippen molar-refractivity contribution in [2.24, 2.45) is 11.0 Å². The zero-order chi connectivity index (χ0) is 17.8. The van der Waals surface area contributed by atoms with Gasteiger partial charge in [0.2, 0.25) is 5.91 Å². The molecule has 6 heteroatoms. The summed E-state index contributed by atoms with van der Waals surface area (Å²) < 4.78 is 0. The normalized spacial score (nSPS) is 14.1. The maximum Gasteiger partial charge on any atom is 0.272 e. The van der Waals surface area contributed by atoms with Gasteiger partial charge in [-0.15, -0.1) is 0 Å². The standard InChI is InChI=1S/C19H18ClN3O2/c1-12(22-23-19(25)16-4-2-3-5-17(16)20)13-8-10-15(11-9-13)21-18(24)14-6-7-14/h2-5,8-11,14H,6-7H2,1H3,(H,21,24)(H,23,25). The van der Waals surface area contributed by atoms with Gasteiger partial charge in [0.1, 0.15) is 0 Å². The first-order valence-electron chi connectivity index (χ1n) is 8.05. The molecule has 0 spiro atoms. The third kappa shape index (κ3) is 4.45. The Kier molecular flexibility index (Phi) is 5.14. The van der Waals surface area contributed by atoms with E-state index in [2.05, 4.69) is 15.8 Å². The first-order valence-corrected chi connectivity index (χ1v) is 8.43. The highest BCUT2D eigenvalue weighted by atomic mass is 35.5. The van der Waals surface area contributed by atoms with Crippen LogP contribution in [0.4, 0.5) is 5.69 Å². The maximum atomic E-state index is 12.1. The molecule has 0 aromatic heterocycles. The molecule has 1 saturated carbocycles. The van der Waals surface area contributed by atoms with Crippen LogP contribution in [0.5, 0.6) is 0 Å². The number of carbonyl (C=O) groups is 2. The predicted octanol–water partition coefficient (Wildman–Crippen LogP) is 3.84. The molecular formula is C19H18ClN3O2. The molecule has 0 saturated heterocycles. The Bertz CT molecular complexity index is 827. The second-order valence-corrected chi connectivity index (χ2v) is 6.37. The molecule has 25 heavy (non-hydrogen) atoms. The van der Waals surface area contributed by atoms with Gasteiger partial charge in [0, 0.05) is 11.6 Å². The van der Waals surface area contributed by atoms with Crippen molar-refractivity contribution in [3.05, 3.63) is 64.7 Å². The first-order chi connectivity index (χ1) is 12.0. The molecule has 5 nitrogen and oxygen atoms in total. The molecule has 128 valence electrons. The lowest BCUT2D eigenvalue weighted by Gasteiger charge is -2.07. The third-order valence-corrected chi connectivity index (χ3v) is 4.29. The Labute approximate surface area is 151 Å². The van der Waals surface area contributed by atoms with Gasteiger partial charge in [0.15, 0.2) is 0 Å². The van der Waals surface area contributed by atoms with Crippen LogP contribution in [0.1, 0.15) is 35.7 Å². The van der Waals surface area contributed by atoms with E-state index < -0.39 is 0 Å². The quantitative estimate of drug-likeness (QED) is 0.631. The lowest BCUT2D eigenvalue weighted by Crippen LogP contribution is -2.19. The monoisotopic (exact) mass is 355 g/mol. The van der Waals surface area contributed by atoms with E-state index in [4.69, 9.17) is 11.6 Å². The molecule has 0 radical (unpaired) electrons. The topological polar surface area (TPSA) is 70.6 Å².